The molecule has 1 saturated heterocycles. The van der Waals surface area contributed by atoms with E-state index in [1.54, 1.807) is 19.2 Å². The second kappa shape index (κ2) is 10.2. The lowest BCUT2D eigenvalue weighted by atomic mass is 9.93. The van der Waals surface area contributed by atoms with Crippen molar-refractivity contribution < 1.29 is 14.3 Å². The highest BCUT2D eigenvalue weighted by atomic mass is 35.5. The van der Waals surface area contributed by atoms with Crippen LogP contribution in [0.15, 0.2) is 36.7 Å². The van der Waals surface area contributed by atoms with Gasteiger partial charge in [-0.1, -0.05) is 23.7 Å². The number of rotatable bonds is 6. The number of hydrogen-bond acceptors (Lipinski definition) is 6. The topological polar surface area (TPSA) is 97.4 Å². The monoisotopic (exact) mass is 469 g/mol. The Kier molecular flexibility index (Phi) is 7.15. The molecule has 2 heterocycles. The van der Waals surface area contributed by atoms with Gasteiger partial charge in [0.15, 0.2) is 11.5 Å². The largest absolute Gasteiger partial charge is 0.493 e. The minimum atomic E-state index is -0.454. The van der Waals surface area contributed by atoms with Crippen molar-refractivity contribution in [3.63, 3.8) is 0 Å². The number of aryl methyl sites for hydroxylation is 1. The first-order chi connectivity index (χ1) is 16.0. The molecule has 1 atom stereocenters. The molecule has 0 bridgehead atoms. The molecule has 1 unspecified atom stereocenters. The summed E-state index contributed by atoms with van der Waals surface area (Å²) in [6, 6.07) is 8.59. The zero-order valence-corrected chi connectivity index (χ0v) is 19.7. The molecule has 2 aromatic carbocycles. The van der Waals surface area contributed by atoms with Gasteiger partial charge in [0.25, 0.3) is 0 Å². The average Bonchev–Trinajstić information content (AvgIpc) is 2.82. The van der Waals surface area contributed by atoms with Gasteiger partial charge in [0.2, 0.25) is 0 Å². The number of methoxy groups -OCH3 is 1. The number of anilines is 2. The fourth-order valence-corrected chi connectivity index (χ4v) is 4.34. The predicted octanol–water partition coefficient (Wildman–Crippen LogP) is 5.01. The third-order valence-corrected chi connectivity index (χ3v) is 6.29. The number of benzene rings is 2. The van der Waals surface area contributed by atoms with Crippen LogP contribution in [0.25, 0.3) is 10.9 Å². The minimum absolute atomic E-state index is 0.0440. The summed E-state index contributed by atoms with van der Waals surface area (Å²) < 4.78 is 11.9. The van der Waals surface area contributed by atoms with Gasteiger partial charge in [-0.25, -0.2) is 14.8 Å². The van der Waals surface area contributed by atoms with Crippen molar-refractivity contribution in [1.82, 2.24) is 15.3 Å². The Labute approximate surface area is 198 Å². The molecule has 0 aliphatic carbocycles. The molecule has 1 fully saturated rings. The number of fused-ring (bicyclic) bond motifs is 1. The van der Waals surface area contributed by atoms with Crippen LogP contribution >= 0.6 is 11.6 Å². The van der Waals surface area contributed by atoms with Crippen LogP contribution in [0.4, 0.5) is 16.3 Å². The lowest BCUT2D eigenvalue weighted by Gasteiger charge is -2.29. The quantitative estimate of drug-likeness (QED) is 0.469. The molecule has 8 nitrogen and oxygen atoms in total. The van der Waals surface area contributed by atoms with Gasteiger partial charge >= 0.3 is 6.03 Å². The number of hydrogen-bond donors (Lipinski definition) is 3. The van der Waals surface area contributed by atoms with Crippen molar-refractivity contribution in [3.8, 4) is 11.5 Å². The van der Waals surface area contributed by atoms with Gasteiger partial charge in [0.05, 0.1) is 29.4 Å². The fraction of sp³-hybridized carbons (Fsp3) is 0.375. The third-order valence-electron chi connectivity index (χ3n) is 5.97. The summed E-state index contributed by atoms with van der Waals surface area (Å²) in [4.78, 5) is 21.3. The first-order valence-electron chi connectivity index (χ1n) is 11.0. The van der Waals surface area contributed by atoms with Crippen LogP contribution in [-0.2, 0) is 0 Å². The molecule has 0 radical (unpaired) electrons. The van der Waals surface area contributed by atoms with E-state index < -0.39 is 6.03 Å². The highest BCUT2D eigenvalue weighted by Gasteiger charge is 2.23. The SMILES string of the molecule is COc1cc2c(NC(=O)Nc3c(C)cccc3Cl)ncnc2cc1OC(C)C1CCNCC1. The molecule has 9 heteroatoms. The maximum absolute atomic E-state index is 12.7. The van der Waals surface area contributed by atoms with E-state index in [4.69, 9.17) is 21.1 Å². The summed E-state index contributed by atoms with van der Waals surface area (Å²) in [6.45, 7) is 5.98. The standard InChI is InChI=1S/C24H28ClN5O3/c1-14-5-4-6-18(25)22(14)29-24(31)30-23-17-11-20(32-3)21(12-19(17)27-13-28-23)33-15(2)16-7-9-26-10-8-16/h4-6,11-13,15-16,26H,7-10H2,1-3H3,(H2,27,28,29,30,31). The number of piperidine rings is 1. The molecular weight excluding hydrogens is 442 g/mol. The Balaban J connectivity index is 1.56. The molecule has 33 heavy (non-hydrogen) atoms. The molecule has 2 amide bonds. The minimum Gasteiger partial charge on any atom is -0.493 e. The van der Waals surface area contributed by atoms with Crippen LogP contribution in [0.3, 0.4) is 0 Å². The van der Waals surface area contributed by atoms with Crippen LogP contribution in [0, 0.1) is 12.8 Å². The molecule has 3 N–H and O–H groups in total. The molecule has 0 saturated carbocycles. The Morgan fingerprint density at radius 2 is 1.97 bits per heavy atom. The Bertz CT molecular complexity index is 1130. The number of halogens is 1. The lowest BCUT2D eigenvalue weighted by molar-refractivity contribution is 0.124. The third kappa shape index (κ3) is 5.29. The summed E-state index contributed by atoms with van der Waals surface area (Å²) in [5, 5.41) is 10.1. The van der Waals surface area contributed by atoms with Crippen molar-refractivity contribution in [2.75, 3.05) is 30.8 Å². The van der Waals surface area contributed by atoms with Crippen LogP contribution in [0.2, 0.25) is 5.02 Å². The molecular formula is C24H28ClN5O3. The molecule has 4 rings (SSSR count). The number of ether oxygens (including phenoxy) is 2. The van der Waals surface area contributed by atoms with E-state index in [1.165, 1.54) is 6.33 Å². The van der Waals surface area contributed by atoms with Crippen LogP contribution in [0.5, 0.6) is 11.5 Å². The summed E-state index contributed by atoms with van der Waals surface area (Å²) in [6.07, 6.45) is 3.61. The van der Waals surface area contributed by atoms with Gasteiger partial charge < -0.3 is 20.1 Å². The second-order valence-electron chi connectivity index (χ2n) is 8.16. The van der Waals surface area contributed by atoms with E-state index in [2.05, 4.69) is 32.8 Å². The molecule has 0 spiro atoms. The van der Waals surface area contributed by atoms with Crippen molar-refractivity contribution in [2.45, 2.75) is 32.8 Å². The number of amides is 2. The van der Waals surface area contributed by atoms with E-state index in [1.807, 2.05) is 25.1 Å². The van der Waals surface area contributed by atoms with E-state index in [9.17, 15) is 4.79 Å². The Morgan fingerprint density at radius 3 is 2.70 bits per heavy atom. The highest BCUT2D eigenvalue weighted by Crippen LogP contribution is 2.36. The number of nitrogens with zero attached hydrogens (tertiary/aromatic N) is 2. The molecule has 174 valence electrons. The number of carbonyl (C=O) groups is 1. The van der Waals surface area contributed by atoms with Crippen LogP contribution in [0.1, 0.15) is 25.3 Å². The lowest BCUT2D eigenvalue weighted by Crippen LogP contribution is -2.35. The van der Waals surface area contributed by atoms with Gasteiger partial charge in [-0.2, -0.15) is 0 Å². The summed E-state index contributed by atoms with van der Waals surface area (Å²) in [5.41, 5.74) is 2.05. The summed E-state index contributed by atoms with van der Waals surface area (Å²) >= 11 is 6.22. The molecule has 3 aromatic rings. The Hall–Kier alpha value is -3.10. The molecule has 1 aromatic heterocycles. The maximum atomic E-state index is 12.7. The molecule has 1 aliphatic heterocycles. The molecule has 1 aliphatic rings. The van der Waals surface area contributed by atoms with Gasteiger partial charge in [-0.15, -0.1) is 0 Å². The van der Waals surface area contributed by atoms with Crippen LogP contribution < -0.4 is 25.4 Å². The summed E-state index contributed by atoms with van der Waals surface area (Å²) in [7, 11) is 1.59. The van der Waals surface area contributed by atoms with Crippen molar-refractivity contribution in [3.05, 3.63) is 47.2 Å². The first-order valence-corrected chi connectivity index (χ1v) is 11.4. The maximum Gasteiger partial charge on any atom is 0.324 e. The zero-order valence-electron chi connectivity index (χ0n) is 18.9. The number of nitrogens with one attached hydrogen (secondary N) is 3. The number of aromatic nitrogens is 2. The predicted molar refractivity (Wildman–Crippen MR) is 131 cm³/mol. The number of para-hydroxylation sites is 1. The van der Waals surface area contributed by atoms with Gasteiger partial charge in [-0.05, 0) is 63.4 Å². The van der Waals surface area contributed by atoms with Gasteiger partial charge in [0.1, 0.15) is 12.1 Å². The Morgan fingerprint density at radius 1 is 1.18 bits per heavy atom. The van der Waals surface area contributed by atoms with E-state index in [0.29, 0.717) is 44.8 Å². The smallest absolute Gasteiger partial charge is 0.324 e. The zero-order chi connectivity index (χ0) is 23.4. The van der Waals surface area contributed by atoms with E-state index in [-0.39, 0.29) is 6.10 Å². The number of urea groups is 1. The normalized spacial score (nSPS) is 15.2. The van der Waals surface area contributed by atoms with E-state index in [0.717, 1.165) is 31.5 Å². The first kappa shape index (κ1) is 23.1. The van der Waals surface area contributed by atoms with Gasteiger partial charge in [0, 0.05) is 11.5 Å². The second-order valence-corrected chi connectivity index (χ2v) is 8.57. The van der Waals surface area contributed by atoms with Crippen LogP contribution in [-0.4, -0.2) is 42.3 Å². The number of carbonyl (C=O) groups excluding carboxylic acids is 1. The van der Waals surface area contributed by atoms with E-state index >= 15 is 0 Å². The van der Waals surface area contributed by atoms with Gasteiger partial charge in [-0.3, -0.25) is 5.32 Å². The summed E-state index contributed by atoms with van der Waals surface area (Å²) in [5.74, 6) is 2.02. The highest BCUT2D eigenvalue weighted by molar-refractivity contribution is 6.34. The average molecular weight is 470 g/mol. The fourth-order valence-electron chi connectivity index (χ4n) is 4.07. The van der Waals surface area contributed by atoms with Crippen molar-refractivity contribution in [2.24, 2.45) is 5.92 Å². The van der Waals surface area contributed by atoms with Crippen molar-refractivity contribution in [1.29, 1.82) is 0 Å². The van der Waals surface area contributed by atoms with Crippen molar-refractivity contribution >= 4 is 40.0 Å².